The van der Waals surface area contributed by atoms with Gasteiger partial charge in [-0.2, -0.15) is 0 Å². The number of aryl methyl sites for hydroxylation is 2. The lowest BCUT2D eigenvalue weighted by atomic mass is 9.99. The van der Waals surface area contributed by atoms with Gasteiger partial charge < -0.3 is 10.6 Å². The Bertz CT molecular complexity index is 397. The van der Waals surface area contributed by atoms with Crippen molar-refractivity contribution in [1.29, 1.82) is 0 Å². The predicted molar refractivity (Wildman–Crippen MR) is 68.6 cm³/mol. The molecule has 1 heterocycles. The summed E-state index contributed by atoms with van der Waals surface area (Å²) in [5.74, 6) is 0.786. The second-order valence-corrected chi connectivity index (χ2v) is 4.89. The van der Waals surface area contributed by atoms with Crippen LogP contribution in [0.15, 0.2) is 24.3 Å². The monoisotopic (exact) mass is 232 g/mol. The van der Waals surface area contributed by atoms with E-state index >= 15 is 0 Å². The fraction of sp³-hybridized carbons (Fsp3) is 0.500. The second-order valence-electron chi connectivity index (χ2n) is 4.89. The van der Waals surface area contributed by atoms with Crippen LogP contribution in [0.5, 0.6) is 0 Å². The van der Waals surface area contributed by atoms with Gasteiger partial charge in [-0.1, -0.05) is 29.8 Å². The van der Waals surface area contributed by atoms with Gasteiger partial charge in [0.1, 0.15) is 0 Å². The topological polar surface area (TPSA) is 46.3 Å². The Morgan fingerprint density at radius 1 is 1.47 bits per heavy atom. The van der Waals surface area contributed by atoms with Crippen molar-refractivity contribution in [3.05, 3.63) is 35.4 Å². The molecule has 3 heteroatoms. The van der Waals surface area contributed by atoms with Crippen LogP contribution in [0.4, 0.5) is 0 Å². The van der Waals surface area contributed by atoms with E-state index < -0.39 is 0 Å². The van der Waals surface area contributed by atoms with Gasteiger partial charge >= 0.3 is 0 Å². The Morgan fingerprint density at radius 3 is 2.88 bits per heavy atom. The van der Waals surface area contributed by atoms with Crippen molar-refractivity contribution in [3.63, 3.8) is 0 Å². The molecule has 17 heavy (non-hydrogen) atoms. The number of nitrogens with zero attached hydrogens (tertiary/aromatic N) is 1. The molecule has 1 aromatic carbocycles. The average Bonchev–Trinajstić information content (AvgIpc) is 2.25. The third-order valence-corrected chi connectivity index (χ3v) is 3.35. The van der Waals surface area contributed by atoms with Gasteiger partial charge in [-0.05, 0) is 25.5 Å². The number of carbonyl (C=O) groups excluding carboxylic acids is 1. The van der Waals surface area contributed by atoms with E-state index in [9.17, 15) is 4.79 Å². The van der Waals surface area contributed by atoms with Crippen LogP contribution in [0.1, 0.15) is 17.5 Å². The molecule has 1 fully saturated rings. The Morgan fingerprint density at radius 2 is 2.24 bits per heavy atom. The van der Waals surface area contributed by atoms with Crippen molar-refractivity contribution in [2.24, 2.45) is 11.7 Å². The van der Waals surface area contributed by atoms with Crippen molar-refractivity contribution < 1.29 is 4.79 Å². The molecule has 2 rings (SSSR count). The Hall–Kier alpha value is -1.35. The lowest BCUT2D eigenvalue weighted by Gasteiger charge is -2.38. The summed E-state index contributed by atoms with van der Waals surface area (Å²) in [5.41, 5.74) is 8.04. The molecule has 1 aromatic rings. The number of benzene rings is 1. The van der Waals surface area contributed by atoms with E-state index in [2.05, 4.69) is 25.1 Å². The van der Waals surface area contributed by atoms with Crippen LogP contribution < -0.4 is 5.73 Å². The number of nitrogens with two attached hydrogens (primary N) is 1. The van der Waals surface area contributed by atoms with Crippen molar-refractivity contribution in [2.75, 3.05) is 19.6 Å². The standard InChI is InChI=1S/C14H20N2O/c1-11-3-2-4-12(7-11)5-6-14(17)16-9-13(8-15)10-16/h2-4,7,13H,5-6,8-10,15H2,1H3. The SMILES string of the molecule is Cc1cccc(CCC(=O)N2CC(CN)C2)c1. The van der Waals surface area contributed by atoms with Crippen LogP contribution in [0.2, 0.25) is 0 Å². The highest BCUT2D eigenvalue weighted by atomic mass is 16.2. The molecule has 1 aliphatic heterocycles. The molecule has 0 saturated carbocycles. The summed E-state index contributed by atoms with van der Waals surface area (Å²) in [6.07, 6.45) is 1.45. The number of hydrogen-bond donors (Lipinski definition) is 1. The first-order chi connectivity index (χ1) is 8.19. The van der Waals surface area contributed by atoms with E-state index in [-0.39, 0.29) is 5.91 Å². The minimum atomic E-state index is 0.260. The molecule has 3 nitrogen and oxygen atoms in total. The van der Waals surface area contributed by atoms with E-state index in [0.29, 0.717) is 18.9 Å². The molecule has 92 valence electrons. The van der Waals surface area contributed by atoms with Crippen molar-refractivity contribution in [1.82, 2.24) is 4.90 Å². The summed E-state index contributed by atoms with van der Waals surface area (Å²) in [5, 5.41) is 0. The number of rotatable bonds is 4. The molecule has 0 unspecified atom stereocenters. The molecule has 0 atom stereocenters. The lowest BCUT2D eigenvalue weighted by molar-refractivity contribution is -0.137. The van der Waals surface area contributed by atoms with Gasteiger partial charge in [0.05, 0.1) is 0 Å². The summed E-state index contributed by atoms with van der Waals surface area (Å²) in [6.45, 7) is 4.47. The fourth-order valence-corrected chi connectivity index (χ4v) is 2.20. The van der Waals surface area contributed by atoms with Crippen molar-refractivity contribution in [3.8, 4) is 0 Å². The third kappa shape index (κ3) is 3.07. The third-order valence-electron chi connectivity index (χ3n) is 3.35. The summed E-state index contributed by atoms with van der Waals surface area (Å²) in [7, 11) is 0. The smallest absolute Gasteiger partial charge is 0.222 e. The van der Waals surface area contributed by atoms with Gasteiger partial charge in [0.15, 0.2) is 0 Å². The summed E-state index contributed by atoms with van der Waals surface area (Å²) >= 11 is 0. The molecule has 0 aliphatic carbocycles. The molecule has 1 saturated heterocycles. The number of carbonyl (C=O) groups is 1. The first-order valence-electron chi connectivity index (χ1n) is 6.22. The van der Waals surface area contributed by atoms with Gasteiger partial charge in [-0.15, -0.1) is 0 Å². The highest BCUT2D eigenvalue weighted by Crippen LogP contribution is 2.16. The fourth-order valence-electron chi connectivity index (χ4n) is 2.20. The Kier molecular flexibility index (Phi) is 3.79. The van der Waals surface area contributed by atoms with E-state index in [0.717, 1.165) is 19.5 Å². The van der Waals surface area contributed by atoms with Crippen LogP contribution in [0, 0.1) is 12.8 Å². The van der Waals surface area contributed by atoms with Crippen LogP contribution in [0.3, 0.4) is 0 Å². The average molecular weight is 232 g/mol. The molecule has 0 radical (unpaired) electrons. The van der Waals surface area contributed by atoms with Gasteiger partial charge in [0, 0.05) is 25.4 Å². The largest absolute Gasteiger partial charge is 0.342 e. The molecule has 1 amide bonds. The maximum Gasteiger partial charge on any atom is 0.222 e. The Balaban J connectivity index is 1.77. The molecule has 0 bridgehead atoms. The van der Waals surface area contributed by atoms with Crippen molar-refractivity contribution in [2.45, 2.75) is 19.8 Å². The summed E-state index contributed by atoms with van der Waals surface area (Å²) in [4.78, 5) is 13.7. The van der Waals surface area contributed by atoms with Crippen molar-refractivity contribution >= 4 is 5.91 Å². The van der Waals surface area contributed by atoms with Crippen LogP contribution >= 0.6 is 0 Å². The second kappa shape index (κ2) is 5.32. The number of amides is 1. The zero-order valence-corrected chi connectivity index (χ0v) is 10.4. The quantitative estimate of drug-likeness (QED) is 0.851. The number of likely N-dealkylation sites (tertiary alicyclic amines) is 1. The first-order valence-corrected chi connectivity index (χ1v) is 6.22. The van der Waals surface area contributed by atoms with E-state index in [1.165, 1.54) is 11.1 Å². The zero-order chi connectivity index (χ0) is 12.3. The summed E-state index contributed by atoms with van der Waals surface area (Å²) in [6, 6.07) is 8.35. The first kappa shape index (κ1) is 12.1. The maximum atomic E-state index is 11.8. The minimum Gasteiger partial charge on any atom is -0.342 e. The van der Waals surface area contributed by atoms with Gasteiger partial charge in [-0.3, -0.25) is 4.79 Å². The molecular weight excluding hydrogens is 212 g/mol. The van der Waals surface area contributed by atoms with E-state index in [1.54, 1.807) is 0 Å². The molecule has 2 N–H and O–H groups in total. The zero-order valence-electron chi connectivity index (χ0n) is 10.4. The molecule has 0 aromatic heterocycles. The van der Waals surface area contributed by atoms with Gasteiger partial charge in [0.2, 0.25) is 5.91 Å². The van der Waals surface area contributed by atoms with Gasteiger partial charge in [0.25, 0.3) is 0 Å². The number of hydrogen-bond acceptors (Lipinski definition) is 2. The molecular formula is C14H20N2O. The lowest BCUT2D eigenvalue weighted by Crippen LogP contribution is -2.52. The highest BCUT2D eigenvalue weighted by Gasteiger charge is 2.28. The Labute approximate surface area is 103 Å². The van der Waals surface area contributed by atoms with E-state index in [1.807, 2.05) is 11.0 Å². The van der Waals surface area contributed by atoms with Crippen LogP contribution in [0.25, 0.3) is 0 Å². The predicted octanol–water partition coefficient (Wildman–Crippen LogP) is 1.34. The highest BCUT2D eigenvalue weighted by molar-refractivity contribution is 5.77. The van der Waals surface area contributed by atoms with Crippen LogP contribution in [-0.2, 0) is 11.2 Å². The van der Waals surface area contributed by atoms with Crippen LogP contribution in [-0.4, -0.2) is 30.4 Å². The minimum absolute atomic E-state index is 0.260. The van der Waals surface area contributed by atoms with Gasteiger partial charge in [-0.25, -0.2) is 0 Å². The van der Waals surface area contributed by atoms with E-state index in [4.69, 9.17) is 5.73 Å². The maximum absolute atomic E-state index is 11.8. The molecule has 0 spiro atoms. The molecule has 1 aliphatic rings. The summed E-state index contributed by atoms with van der Waals surface area (Å²) < 4.78 is 0. The normalized spacial score (nSPS) is 15.8.